The van der Waals surface area contributed by atoms with Crippen molar-refractivity contribution in [3.8, 4) is 0 Å². The number of carbonyl (C=O) groups is 1. The molecule has 1 aliphatic rings. The second kappa shape index (κ2) is 6.19. The largest absolute Gasteiger partial charge is 0.396 e. The molecular formula is C16H20N4O2. The van der Waals surface area contributed by atoms with Crippen molar-refractivity contribution in [2.24, 2.45) is 0 Å². The summed E-state index contributed by atoms with van der Waals surface area (Å²) in [5.74, 6) is 0.295. The highest BCUT2D eigenvalue weighted by Crippen LogP contribution is 2.29. The average Bonchev–Trinajstić information content (AvgIpc) is 3.16. The van der Waals surface area contributed by atoms with Crippen molar-refractivity contribution in [2.75, 3.05) is 25.9 Å². The maximum absolute atomic E-state index is 12.6. The molecule has 1 aromatic carbocycles. The molecule has 1 saturated heterocycles. The second-order valence-electron chi connectivity index (χ2n) is 5.61. The smallest absolute Gasteiger partial charge is 0.253 e. The standard InChI is InChI=1S/C16H20N4O2/c1-22-10-11-2-4-12(5-3-11)16(21)20-7-6-13(9-20)15-14(17)8-18-19-15/h2-5,8,13H,6-7,9-10,17H2,1H3,(H,18,19). The quantitative estimate of drug-likeness (QED) is 0.901. The fourth-order valence-corrected chi connectivity index (χ4v) is 2.91. The number of nitrogens with two attached hydrogens (primary N) is 1. The van der Waals surface area contributed by atoms with Crippen LogP contribution in [-0.4, -0.2) is 41.2 Å². The van der Waals surface area contributed by atoms with E-state index in [1.165, 1.54) is 0 Å². The third-order valence-electron chi connectivity index (χ3n) is 4.10. The number of hydrogen-bond donors (Lipinski definition) is 2. The summed E-state index contributed by atoms with van der Waals surface area (Å²) in [7, 11) is 1.66. The van der Waals surface area contributed by atoms with Gasteiger partial charge < -0.3 is 15.4 Å². The Hall–Kier alpha value is -2.34. The summed E-state index contributed by atoms with van der Waals surface area (Å²) in [6.45, 7) is 1.96. The Kier molecular flexibility index (Phi) is 4.11. The van der Waals surface area contributed by atoms with Gasteiger partial charge in [0, 0.05) is 31.7 Å². The molecule has 1 fully saturated rings. The maximum Gasteiger partial charge on any atom is 0.253 e. The Balaban J connectivity index is 1.67. The lowest BCUT2D eigenvalue weighted by molar-refractivity contribution is 0.0790. The third kappa shape index (κ3) is 2.82. The first-order valence-corrected chi connectivity index (χ1v) is 7.35. The van der Waals surface area contributed by atoms with Crippen molar-refractivity contribution >= 4 is 11.6 Å². The first-order valence-electron chi connectivity index (χ1n) is 7.35. The number of nitrogens with one attached hydrogen (secondary N) is 1. The Morgan fingerprint density at radius 1 is 1.45 bits per heavy atom. The van der Waals surface area contributed by atoms with Crippen LogP contribution in [0.25, 0.3) is 0 Å². The Morgan fingerprint density at radius 2 is 2.23 bits per heavy atom. The molecule has 6 nitrogen and oxygen atoms in total. The van der Waals surface area contributed by atoms with Crippen molar-refractivity contribution in [3.05, 3.63) is 47.3 Å². The maximum atomic E-state index is 12.6. The van der Waals surface area contributed by atoms with Crippen LogP contribution in [0.15, 0.2) is 30.5 Å². The normalized spacial score (nSPS) is 17.9. The second-order valence-corrected chi connectivity index (χ2v) is 5.61. The molecule has 1 aromatic heterocycles. The molecule has 3 N–H and O–H groups in total. The van der Waals surface area contributed by atoms with Crippen LogP contribution in [0.2, 0.25) is 0 Å². The predicted molar refractivity (Wildman–Crippen MR) is 83.4 cm³/mol. The number of anilines is 1. The van der Waals surface area contributed by atoms with E-state index in [2.05, 4.69) is 10.2 Å². The van der Waals surface area contributed by atoms with Gasteiger partial charge in [0.15, 0.2) is 0 Å². The van der Waals surface area contributed by atoms with E-state index in [0.29, 0.717) is 24.4 Å². The van der Waals surface area contributed by atoms with Gasteiger partial charge in [-0.05, 0) is 24.1 Å². The zero-order valence-electron chi connectivity index (χ0n) is 12.6. The molecule has 0 aliphatic carbocycles. The van der Waals surface area contributed by atoms with Gasteiger partial charge in [-0.2, -0.15) is 5.10 Å². The fraction of sp³-hybridized carbons (Fsp3) is 0.375. The van der Waals surface area contributed by atoms with Gasteiger partial charge in [0.05, 0.1) is 24.2 Å². The molecule has 0 radical (unpaired) electrons. The van der Waals surface area contributed by atoms with E-state index < -0.39 is 0 Å². The minimum atomic E-state index is 0.0598. The number of nitrogens with zero attached hydrogens (tertiary/aromatic N) is 2. The van der Waals surface area contributed by atoms with E-state index >= 15 is 0 Å². The molecule has 2 aromatic rings. The predicted octanol–water partition coefficient (Wildman–Crippen LogP) is 1.77. The minimum absolute atomic E-state index is 0.0598. The molecule has 1 unspecified atom stereocenters. The van der Waals surface area contributed by atoms with E-state index in [0.717, 1.165) is 24.2 Å². The zero-order valence-corrected chi connectivity index (χ0v) is 12.6. The number of carbonyl (C=O) groups excluding carboxylic acids is 1. The third-order valence-corrected chi connectivity index (χ3v) is 4.10. The van der Waals surface area contributed by atoms with Crippen LogP contribution >= 0.6 is 0 Å². The van der Waals surface area contributed by atoms with E-state index in [9.17, 15) is 4.79 Å². The Bertz CT molecular complexity index is 650. The number of H-pyrrole nitrogens is 1. The first kappa shape index (κ1) is 14.6. The van der Waals surface area contributed by atoms with Crippen molar-refractivity contribution in [2.45, 2.75) is 18.9 Å². The molecular weight excluding hydrogens is 280 g/mol. The molecule has 1 aliphatic heterocycles. The highest BCUT2D eigenvalue weighted by Gasteiger charge is 2.29. The summed E-state index contributed by atoms with van der Waals surface area (Å²) in [6.07, 6.45) is 2.52. The van der Waals surface area contributed by atoms with Gasteiger partial charge in [-0.25, -0.2) is 0 Å². The summed E-state index contributed by atoms with van der Waals surface area (Å²) < 4.78 is 5.08. The molecule has 1 amide bonds. The minimum Gasteiger partial charge on any atom is -0.396 e. The Morgan fingerprint density at radius 3 is 2.86 bits per heavy atom. The van der Waals surface area contributed by atoms with Crippen LogP contribution in [0, 0.1) is 0 Å². The van der Waals surface area contributed by atoms with Gasteiger partial charge in [-0.15, -0.1) is 0 Å². The van der Waals surface area contributed by atoms with Gasteiger partial charge in [0.2, 0.25) is 0 Å². The number of ether oxygens (including phenoxy) is 1. The van der Waals surface area contributed by atoms with Crippen LogP contribution in [0.1, 0.15) is 34.0 Å². The van der Waals surface area contributed by atoms with Crippen molar-refractivity contribution in [1.29, 1.82) is 0 Å². The van der Waals surface area contributed by atoms with Gasteiger partial charge in [0.25, 0.3) is 5.91 Å². The number of hydrogen-bond acceptors (Lipinski definition) is 4. The highest BCUT2D eigenvalue weighted by molar-refractivity contribution is 5.94. The molecule has 2 heterocycles. The van der Waals surface area contributed by atoms with E-state index in [4.69, 9.17) is 10.5 Å². The molecule has 6 heteroatoms. The number of nitrogen functional groups attached to an aromatic ring is 1. The van der Waals surface area contributed by atoms with Crippen molar-refractivity contribution < 1.29 is 9.53 Å². The lowest BCUT2D eigenvalue weighted by atomic mass is 10.0. The van der Waals surface area contributed by atoms with Gasteiger partial charge in [0.1, 0.15) is 0 Å². The molecule has 1 atom stereocenters. The summed E-state index contributed by atoms with van der Waals surface area (Å²) in [5.41, 5.74) is 9.26. The molecule has 116 valence electrons. The SMILES string of the molecule is COCc1ccc(C(=O)N2CCC(c3[nH]ncc3N)C2)cc1. The first-order chi connectivity index (χ1) is 10.7. The van der Waals surface area contributed by atoms with Crippen molar-refractivity contribution in [1.82, 2.24) is 15.1 Å². The van der Waals surface area contributed by atoms with E-state index in [1.807, 2.05) is 29.2 Å². The van der Waals surface area contributed by atoms with Gasteiger partial charge in [-0.1, -0.05) is 12.1 Å². The topological polar surface area (TPSA) is 84.2 Å². The molecule has 0 spiro atoms. The summed E-state index contributed by atoms with van der Waals surface area (Å²) >= 11 is 0. The van der Waals surface area contributed by atoms with Gasteiger partial charge >= 0.3 is 0 Å². The number of methoxy groups -OCH3 is 1. The number of likely N-dealkylation sites (tertiary alicyclic amines) is 1. The van der Waals surface area contributed by atoms with E-state index in [-0.39, 0.29) is 11.8 Å². The number of rotatable bonds is 4. The number of aromatic amines is 1. The van der Waals surface area contributed by atoms with Crippen LogP contribution in [0.4, 0.5) is 5.69 Å². The average molecular weight is 300 g/mol. The summed E-state index contributed by atoms with van der Waals surface area (Å²) in [6, 6.07) is 7.57. The van der Waals surface area contributed by atoms with Crippen LogP contribution in [-0.2, 0) is 11.3 Å². The summed E-state index contributed by atoms with van der Waals surface area (Å²) in [5, 5.41) is 6.90. The van der Waals surface area contributed by atoms with Crippen LogP contribution in [0.5, 0.6) is 0 Å². The monoisotopic (exact) mass is 300 g/mol. The Labute approximate surface area is 129 Å². The highest BCUT2D eigenvalue weighted by atomic mass is 16.5. The number of benzene rings is 1. The molecule has 0 bridgehead atoms. The summed E-state index contributed by atoms with van der Waals surface area (Å²) in [4.78, 5) is 14.4. The number of aromatic nitrogens is 2. The lowest BCUT2D eigenvalue weighted by Crippen LogP contribution is -2.28. The number of amides is 1. The molecule has 3 rings (SSSR count). The lowest BCUT2D eigenvalue weighted by Gasteiger charge is -2.16. The van der Waals surface area contributed by atoms with Crippen LogP contribution < -0.4 is 5.73 Å². The molecule has 0 saturated carbocycles. The van der Waals surface area contributed by atoms with E-state index in [1.54, 1.807) is 13.3 Å². The fourth-order valence-electron chi connectivity index (χ4n) is 2.91. The van der Waals surface area contributed by atoms with Crippen molar-refractivity contribution in [3.63, 3.8) is 0 Å². The van der Waals surface area contributed by atoms with Crippen LogP contribution in [0.3, 0.4) is 0 Å². The van der Waals surface area contributed by atoms with Gasteiger partial charge in [-0.3, -0.25) is 9.89 Å². The molecule has 22 heavy (non-hydrogen) atoms. The zero-order chi connectivity index (χ0) is 15.5.